The van der Waals surface area contributed by atoms with Crippen LogP contribution in [0.25, 0.3) is 0 Å². The van der Waals surface area contributed by atoms with Gasteiger partial charge >= 0.3 is 6.09 Å². The van der Waals surface area contributed by atoms with Crippen LogP contribution in [-0.4, -0.2) is 53.5 Å². The van der Waals surface area contributed by atoms with Crippen LogP contribution in [0.1, 0.15) is 55.5 Å². The van der Waals surface area contributed by atoms with Crippen LogP contribution >= 0.6 is 11.8 Å². The summed E-state index contributed by atoms with van der Waals surface area (Å²) in [6, 6.07) is 13.8. The van der Waals surface area contributed by atoms with Crippen LogP contribution in [0.3, 0.4) is 0 Å². The van der Waals surface area contributed by atoms with Crippen LogP contribution < -0.4 is 10.6 Å². The number of thioether (sulfide) groups is 1. The van der Waals surface area contributed by atoms with Gasteiger partial charge in [0, 0.05) is 13.6 Å². The second-order valence-corrected chi connectivity index (χ2v) is 10.9. The molecule has 2 aromatic rings. The van der Waals surface area contributed by atoms with Crippen LogP contribution in [0.5, 0.6) is 0 Å². The molecule has 0 saturated heterocycles. The Balaban J connectivity index is 2.35. The van der Waals surface area contributed by atoms with E-state index in [1.807, 2.05) is 68.6 Å². The lowest BCUT2D eigenvalue weighted by Gasteiger charge is -2.32. The van der Waals surface area contributed by atoms with E-state index < -0.39 is 23.8 Å². The molecule has 0 aliphatic carbocycles. The second kappa shape index (κ2) is 13.3. The highest BCUT2D eigenvalue weighted by molar-refractivity contribution is 7.98. The molecule has 0 spiro atoms. The fourth-order valence-corrected chi connectivity index (χ4v) is 4.25. The molecule has 0 aliphatic heterocycles. The Morgan fingerprint density at radius 3 is 2.33 bits per heavy atom. The lowest BCUT2D eigenvalue weighted by molar-refractivity contribution is -0.141. The summed E-state index contributed by atoms with van der Waals surface area (Å²) in [5.74, 6) is 0.0222. The molecule has 2 unspecified atom stereocenters. The van der Waals surface area contributed by atoms with Crippen LogP contribution in [-0.2, 0) is 20.9 Å². The zero-order chi connectivity index (χ0) is 26.9. The standard InChI is InChI=1S/C28H39N3O4S/c1-19-13-14-20(2)22(17-19)24(25(32)29-18-21-11-9-8-10-12-21)31(6)26(33)23(15-16-36-7)30-27(34)35-28(3,4)5/h8-14,17,23-24H,15-16,18H2,1-7H3,(H,29,32)(H,30,34). The molecule has 2 atom stereocenters. The van der Waals surface area contributed by atoms with Gasteiger partial charge < -0.3 is 20.3 Å². The number of likely N-dealkylation sites (N-methyl/N-ethyl adjacent to an activating group) is 1. The largest absolute Gasteiger partial charge is 0.444 e. The van der Waals surface area contributed by atoms with Crippen molar-refractivity contribution in [1.29, 1.82) is 0 Å². The van der Waals surface area contributed by atoms with E-state index in [0.29, 0.717) is 18.7 Å². The van der Waals surface area contributed by atoms with E-state index in [0.717, 1.165) is 22.3 Å². The Morgan fingerprint density at radius 1 is 1.06 bits per heavy atom. The van der Waals surface area contributed by atoms with Crippen LogP contribution in [0.15, 0.2) is 48.5 Å². The third-order valence-corrected chi connectivity index (χ3v) is 6.27. The lowest BCUT2D eigenvalue weighted by Crippen LogP contribution is -2.52. The summed E-state index contributed by atoms with van der Waals surface area (Å²) in [5, 5.41) is 5.71. The van der Waals surface area contributed by atoms with E-state index in [4.69, 9.17) is 4.74 Å². The van der Waals surface area contributed by atoms with Crippen molar-refractivity contribution in [2.45, 2.75) is 65.3 Å². The van der Waals surface area contributed by atoms with Gasteiger partial charge in [-0.2, -0.15) is 11.8 Å². The molecule has 7 nitrogen and oxygen atoms in total. The van der Waals surface area contributed by atoms with Gasteiger partial charge in [-0.3, -0.25) is 9.59 Å². The average Bonchev–Trinajstić information content (AvgIpc) is 2.81. The number of amides is 3. The zero-order valence-electron chi connectivity index (χ0n) is 22.4. The summed E-state index contributed by atoms with van der Waals surface area (Å²) in [6.45, 7) is 9.53. The molecule has 0 fully saturated rings. The Labute approximate surface area is 219 Å². The molecule has 0 aliphatic rings. The molecule has 0 bridgehead atoms. The summed E-state index contributed by atoms with van der Waals surface area (Å²) >= 11 is 1.58. The third kappa shape index (κ3) is 8.90. The number of carbonyl (C=O) groups is 3. The van der Waals surface area contributed by atoms with Crippen LogP contribution in [0.4, 0.5) is 4.79 Å². The van der Waals surface area contributed by atoms with Gasteiger partial charge in [-0.05, 0) is 69.7 Å². The lowest BCUT2D eigenvalue weighted by atomic mass is 9.96. The number of alkyl carbamates (subject to hydrolysis) is 1. The normalized spacial score (nSPS) is 12.9. The van der Waals surface area contributed by atoms with E-state index in [2.05, 4.69) is 10.6 Å². The minimum Gasteiger partial charge on any atom is -0.444 e. The maximum Gasteiger partial charge on any atom is 0.408 e. The van der Waals surface area contributed by atoms with Crippen molar-refractivity contribution in [3.05, 3.63) is 70.8 Å². The van der Waals surface area contributed by atoms with Crippen molar-refractivity contribution in [2.24, 2.45) is 0 Å². The first-order chi connectivity index (χ1) is 16.9. The van der Waals surface area contributed by atoms with Gasteiger partial charge in [-0.25, -0.2) is 4.79 Å². The molecule has 2 N–H and O–H groups in total. The Bertz CT molecular complexity index is 1040. The van der Waals surface area contributed by atoms with Gasteiger partial charge in [0.15, 0.2) is 0 Å². The number of benzene rings is 2. The van der Waals surface area contributed by atoms with Gasteiger partial charge in [-0.1, -0.05) is 54.1 Å². The maximum atomic E-state index is 13.7. The first kappa shape index (κ1) is 29.2. The van der Waals surface area contributed by atoms with Crippen molar-refractivity contribution in [3.8, 4) is 0 Å². The SMILES string of the molecule is CSCCC(NC(=O)OC(C)(C)C)C(=O)N(C)C(C(=O)NCc1ccccc1)c1cc(C)ccc1C. The monoisotopic (exact) mass is 513 g/mol. The number of carbonyl (C=O) groups excluding carboxylic acids is 3. The molecule has 196 valence electrons. The summed E-state index contributed by atoms with van der Waals surface area (Å²) in [7, 11) is 1.61. The fraction of sp³-hybridized carbons (Fsp3) is 0.464. The quantitative estimate of drug-likeness (QED) is 0.478. The van der Waals surface area contributed by atoms with Crippen molar-refractivity contribution in [1.82, 2.24) is 15.5 Å². The van der Waals surface area contributed by atoms with Crippen molar-refractivity contribution in [2.75, 3.05) is 19.1 Å². The Kier molecular flexibility index (Phi) is 10.8. The van der Waals surface area contributed by atoms with Crippen LogP contribution in [0, 0.1) is 13.8 Å². The van der Waals surface area contributed by atoms with Crippen molar-refractivity contribution in [3.63, 3.8) is 0 Å². The number of rotatable bonds is 10. The van der Waals surface area contributed by atoms with E-state index in [1.165, 1.54) is 4.90 Å². The van der Waals surface area contributed by atoms with Gasteiger partial charge in [0.25, 0.3) is 0 Å². The molecule has 2 aromatic carbocycles. The number of hydrogen-bond acceptors (Lipinski definition) is 5. The molecule has 0 radical (unpaired) electrons. The highest BCUT2D eigenvalue weighted by atomic mass is 32.2. The van der Waals surface area contributed by atoms with Crippen LogP contribution in [0.2, 0.25) is 0 Å². The number of aryl methyl sites for hydroxylation is 2. The summed E-state index contributed by atoms with van der Waals surface area (Å²) < 4.78 is 5.39. The smallest absolute Gasteiger partial charge is 0.408 e. The molecule has 0 saturated carbocycles. The van der Waals surface area contributed by atoms with Gasteiger partial charge in [0.1, 0.15) is 17.7 Å². The Hall–Kier alpha value is -3.00. The number of ether oxygens (including phenoxy) is 1. The maximum absolute atomic E-state index is 13.7. The minimum absolute atomic E-state index is 0.288. The van der Waals surface area contributed by atoms with Crippen molar-refractivity contribution < 1.29 is 19.1 Å². The molecule has 8 heteroatoms. The second-order valence-electron chi connectivity index (χ2n) is 9.90. The van der Waals surface area contributed by atoms with E-state index >= 15 is 0 Å². The molecule has 0 heterocycles. The van der Waals surface area contributed by atoms with Gasteiger partial charge in [-0.15, -0.1) is 0 Å². The Morgan fingerprint density at radius 2 is 1.72 bits per heavy atom. The molecule has 2 rings (SSSR count). The molecule has 36 heavy (non-hydrogen) atoms. The topological polar surface area (TPSA) is 87.7 Å². The predicted octanol–water partition coefficient (Wildman–Crippen LogP) is 4.77. The minimum atomic E-state index is -0.863. The summed E-state index contributed by atoms with van der Waals surface area (Å²) in [4.78, 5) is 41.2. The first-order valence-corrected chi connectivity index (χ1v) is 13.5. The van der Waals surface area contributed by atoms with Gasteiger partial charge in [0.05, 0.1) is 0 Å². The summed E-state index contributed by atoms with van der Waals surface area (Å²) in [5.41, 5.74) is 2.91. The first-order valence-electron chi connectivity index (χ1n) is 12.1. The fourth-order valence-electron chi connectivity index (χ4n) is 3.78. The third-order valence-electron chi connectivity index (χ3n) is 5.62. The number of nitrogens with one attached hydrogen (secondary N) is 2. The molecule has 3 amide bonds. The number of nitrogens with zero attached hydrogens (tertiary/aromatic N) is 1. The van der Waals surface area contributed by atoms with E-state index in [1.54, 1.807) is 39.6 Å². The summed E-state index contributed by atoms with van der Waals surface area (Å²) in [6.07, 6.45) is 1.69. The predicted molar refractivity (Wildman–Crippen MR) is 146 cm³/mol. The highest BCUT2D eigenvalue weighted by Gasteiger charge is 2.34. The van der Waals surface area contributed by atoms with E-state index in [-0.39, 0.29) is 11.8 Å². The zero-order valence-corrected chi connectivity index (χ0v) is 23.2. The molecule has 0 aromatic heterocycles. The highest BCUT2D eigenvalue weighted by Crippen LogP contribution is 2.26. The van der Waals surface area contributed by atoms with Gasteiger partial charge in [0.2, 0.25) is 11.8 Å². The molecular weight excluding hydrogens is 474 g/mol. The molecular formula is C28H39N3O4S. The van der Waals surface area contributed by atoms with E-state index in [9.17, 15) is 14.4 Å². The average molecular weight is 514 g/mol. The number of hydrogen-bond donors (Lipinski definition) is 2. The van der Waals surface area contributed by atoms with Crippen molar-refractivity contribution >= 4 is 29.7 Å².